The number of aryl methyl sites for hydroxylation is 1. The number of nitriles is 1. The molecule has 1 N–H and O–H groups in total. The third-order valence-electron chi connectivity index (χ3n) is 3.75. The molecule has 0 fully saturated rings. The van der Waals surface area contributed by atoms with Gasteiger partial charge in [0.25, 0.3) is 0 Å². The van der Waals surface area contributed by atoms with E-state index in [1.165, 1.54) is 5.56 Å². The van der Waals surface area contributed by atoms with Crippen LogP contribution in [0.25, 0.3) is 0 Å². The summed E-state index contributed by atoms with van der Waals surface area (Å²) in [5.41, 5.74) is 3.83. The normalized spacial score (nSPS) is 13.7. The summed E-state index contributed by atoms with van der Waals surface area (Å²) in [7, 11) is 0. The number of benzene rings is 2. The topological polar surface area (TPSA) is 47.3 Å². The lowest BCUT2D eigenvalue weighted by molar-refractivity contribution is 0.472. The summed E-state index contributed by atoms with van der Waals surface area (Å²) in [6.07, 6.45) is 2.05. The van der Waals surface area contributed by atoms with E-state index in [1.807, 2.05) is 30.3 Å². The fourth-order valence-corrected chi connectivity index (χ4v) is 2.76. The van der Waals surface area contributed by atoms with Gasteiger partial charge in [-0.05, 0) is 30.0 Å². The number of fused-ring (bicyclic) bond motifs is 1. The van der Waals surface area contributed by atoms with Crippen LogP contribution in [0.2, 0.25) is 0 Å². The Kier molecular flexibility index (Phi) is 3.30. The van der Waals surface area contributed by atoms with Gasteiger partial charge in [-0.15, -0.1) is 0 Å². The largest absolute Gasteiger partial charge is 0.506 e. The monoisotopic (exact) mass is 264 g/mol. The Labute approximate surface area is 118 Å². The van der Waals surface area contributed by atoms with Gasteiger partial charge in [-0.3, -0.25) is 0 Å². The van der Waals surface area contributed by atoms with E-state index in [0.29, 0.717) is 5.56 Å². The molecule has 0 aliphatic carbocycles. The predicted octanol–water partition coefficient (Wildman–Crippen LogP) is 3.22. The maximum Gasteiger partial charge on any atom is 0.135 e. The van der Waals surface area contributed by atoms with Crippen molar-refractivity contribution in [2.24, 2.45) is 0 Å². The van der Waals surface area contributed by atoms with Gasteiger partial charge in [-0.2, -0.15) is 5.26 Å². The van der Waals surface area contributed by atoms with Gasteiger partial charge in [-0.1, -0.05) is 30.3 Å². The smallest absolute Gasteiger partial charge is 0.135 e. The minimum Gasteiger partial charge on any atom is -0.506 e. The lowest BCUT2D eigenvalue weighted by Gasteiger charge is -2.31. The number of phenols is 1. The molecule has 2 aromatic carbocycles. The number of nitrogens with zero attached hydrogens (tertiary/aromatic N) is 2. The van der Waals surface area contributed by atoms with Crippen LogP contribution >= 0.6 is 0 Å². The van der Waals surface area contributed by atoms with Crippen molar-refractivity contribution in [2.45, 2.75) is 19.4 Å². The van der Waals surface area contributed by atoms with E-state index in [9.17, 15) is 5.11 Å². The highest BCUT2D eigenvalue weighted by molar-refractivity contribution is 5.63. The van der Waals surface area contributed by atoms with Gasteiger partial charge in [0.2, 0.25) is 0 Å². The molecule has 0 bridgehead atoms. The minimum absolute atomic E-state index is 0.0752. The Hall–Kier alpha value is -2.47. The third kappa shape index (κ3) is 2.33. The second-order valence-corrected chi connectivity index (χ2v) is 5.12. The molecule has 0 unspecified atom stereocenters. The maximum atomic E-state index is 9.90. The van der Waals surface area contributed by atoms with Crippen molar-refractivity contribution in [3.63, 3.8) is 0 Å². The summed E-state index contributed by atoms with van der Waals surface area (Å²) < 4.78 is 0. The van der Waals surface area contributed by atoms with E-state index in [-0.39, 0.29) is 5.75 Å². The number of aromatic hydroxyl groups is 1. The summed E-state index contributed by atoms with van der Waals surface area (Å²) >= 11 is 0. The van der Waals surface area contributed by atoms with E-state index in [0.717, 1.165) is 37.2 Å². The highest BCUT2D eigenvalue weighted by atomic mass is 16.3. The van der Waals surface area contributed by atoms with Crippen molar-refractivity contribution in [1.29, 1.82) is 5.26 Å². The molecule has 3 rings (SSSR count). The average Bonchev–Trinajstić information content (AvgIpc) is 2.48. The van der Waals surface area contributed by atoms with Gasteiger partial charge >= 0.3 is 0 Å². The molecule has 1 heterocycles. The molecule has 0 radical (unpaired) electrons. The van der Waals surface area contributed by atoms with Crippen molar-refractivity contribution >= 4 is 5.69 Å². The Morgan fingerprint density at radius 2 is 2.00 bits per heavy atom. The predicted molar refractivity (Wildman–Crippen MR) is 78.6 cm³/mol. The van der Waals surface area contributed by atoms with Crippen molar-refractivity contribution in [2.75, 3.05) is 11.4 Å². The summed E-state index contributed by atoms with van der Waals surface area (Å²) in [5, 5.41) is 18.9. The third-order valence-corrected chi connectivity index (χ3v) is 3.75. The quantitative estimate of drug-likeness (QED) is 0.906. The van der Waals surface area contributed by atoms with Crippen molar-refractivity contribution in [1.82, 2.24) is 0 Å². The standard InChI is InChI=1S/C17H16N2O/c18-11-15-9-14-7-4-8-19(16(14)10-17(15)20)12-13-5-2-1-3-6-13/h1-3,5-6,9-10,20H,4,7-8,12H2. The molecule has 0 atom stereocenters. The molecule has 0 saturated heterocycles. The molecule has 2 aromatic rings. The number of hydrogen-bond acceptors (Lipinski definition) is 3. The molecule has 0 aromatic heterocycles. The van der Waals surface area contributed by atoms with Crippen LogP contribution in [0.5, 0.6) is 5.75 Å². The van der Waals surface area contributed by atoms with Gasteiger partial charge in [0.05, 0.1) is 5.56 Å². The number of anilines is 1. The zero-order valence-electron chi connectivity index (χ0n) is 11.2. The molecule has 1 aliphatic heterocycles. The van der Waals surface area contributed by atoms with Crippen LogP contribution in [-0.2, 0) is 13.0 Å². The van der Waals surface area contributed by atoms with Crippen LogP contribution in [0.3, 0.4) is 0 Å². The van der Waals surface area contributed by atoms with Crippen LogP contribution in [0.15, 0.2) is 42.5 Å². The first-order valence-electron chi connectivity index (χ1n) is 6.83. The zero-order valence-corrected chi connectivity index (χ0v) is 11.2. The van der Waals surface area contributed by atoms with Crippen LogP contribution in [-0.4, -0.2) is 11.7 Å². The summed E-state index contributed by atoms with van der Waals surface area (Å²) in [6.45, 7) is 1.81. The Morgan fingerprint density at radius 1 is 1.20 bits per heavy atom. The molecule has 20 heavy (non-hydrogen) atoms. The Morgan fingerprint density at radius 3 is 2.75 bits per heavy atom. The van der Waals surface area contributed by atoms with E-state index in [4.69, 9.17) is 5.26 Å². The second kappa shape index (κ2) is 5.26. The van der Waals surface area contributed by atoms with Gasteiger partial charge in [0.1, 0.15) is 11.8 Å². The summed E-state index contributed by atoms with van der Waals surface area (Å²) in [5.74, 6) is 0.0752. The van der Waals surface area contributed by atoms with E-state index in [1.54, 1.807) is 6.07 Å². The molecule has 0 amide bonds. The van der Waals surface area contributed by atoms with E-state index >= 15 is 0 Å². The Balaban J connectivity index is 1.94. The average molecular weight is 264 g/mol. The molecule has 0 spiro atoms. The first-order chi connectivity index (χ1) is 9.78. The van der Waals surface area contributed by atoms with Crippen molar-refractivity contribution < 1.29 is 5.11 Å². The molecular weight excluding hydrogens is 248 g/mol. The number of phenolic OH excluding ortho intramolecular Hbond substituents is 1. The SMILES string of the molecule is N#Cc1cc2c(cc1O)N(Cc1ccccc1)CCC2. The summed E-state index contributed by atoms with van der Waals surface area (Å²) in [6, 6.07) is 15.9. The van der Waals surface area contributed by atoms with E-state index < -0.39 is 0 Å². The van der Waals surface area contributed by atoms with Gasteiger partial charge in [-0.25, -0.2) is 0 Å². The first kappa shape index (κ1) is 12.6. The molecule has 3 nitrogen and oxygen atoms in total. The molecule has 1 aliphatic rings. The Bertz CT molecular complexity index is 659. The lowest BCUT2D eigenvalue weighted by atomic mass is 9.98. The second-order valence-electron chi connectivity index (χ2n) is 5.12. The highest BCUT2D eigenvalue weighted by Gasteiger charge is 2.19. The number of rotatable bonds is 2. The number of hydrogen-bond donors (Lipinski definition) is 1. The van der Waals surface area contributed by atoms with Crippen LogP contribution in [0.1, 0.15) is 23.1 Å². The van der Waals surface area contributed by atoms with Crippen molar-refractivity contribution in [3.8, 4) is 11.8 Å². The molecule has 3 heteroatoms. The lowest BCUT2D eigenvalue weighted by Crippen LogP contribution is -2.28. The minimum atomic E-state index is 0.0752. The van der Waals surface area contributed by atoms with Crippen molar-refractivity contribution in [3.05, 3.63) is 59.2 Å². The van der Waals surface area contributed by atoms with Crippen LogP contribution < -0.4 is 4.90 Å². The van der Waals surface area contributed by atoms with Gasteiger partial charge in [0, 0.05) is 24.8 Å². The zero-order chi connectivity index (χ0) is 13.9. The fourth-order valence-electron chi connectivity index (χ4n) is 2.76. The van der Waals surface area contributed by atoms with Crippen LogP contribution in [0, 0.1) is 11.3 Å². The maximum absolute atomic E-state index is 9.90. The molecular formula is C17H16N2O. The molecule has 0 saturated carbocycles. The van der Waals surface area contributed by atoms with Crippen LogP contribution in [0.4, 0.5) is 5.69 Å². The summed E-state index contributed by atoms with van der Waals surface area (Å²) in [4.78, 5) is 2.27. The molecule has 100 valence electrons. The first-order valence-corrected chi connectivity index (χ1v) is 6.83. The van der Waals surface area contributed by atoms with Gasteiger partial charge < -0.3 is 10.0 Å². The fraction of sp³-hybridized carbons (Fsp3) is 0.235. The highest BCUT2D eigenvalue weighted by Crippen LogP contribution is 2.33. The van der Waals surface area contributed by atoms with Gasteiger partial charge in [0.15, 0.2) is 0 Å². The van der Waals surface area contributed by atoms with E-state index in [2.05, 4.69) is 17.0 Å².